The lowest BCUT2D eigenvalue weighted by Crippen LogP contribution is -2.25. The Bertz CT molecular complexity index is 924. The molecule has 0 saturated heterocycles. The summed E-state index contributed by atoms with van der Waals surface area (Å²) in [5, 5.41) is 4.91. The molecule has 0 aliphatic heterocycles. The highest BCUT2D eigenvalue weighted by atomic mass is 32.2. The molecule has 0 spiro atoms. The summed E-state index contributed by atoms with van der Waals surface area (Å²) in [6.07, 6.45) is 1.57. The number of ether oxygens (including phenoxy) is 1. The van der Waals surface area contributed by atoms with Gasteiger partial charge in [-0.2, -0.15) is 0 Å². The number of aromatic nitrogens is 2. The average Bonchev–Trinajstić information content (AvgIpc) is 2.94. The molecule has 5 nitrogen and oxygen atoms in total. The number of rotatable bonds is 7. The van der Waals surface area contributed by atoms with Crippen molar-refractivity contribution in [3.63, 3.8) is 0 Å². The third-order valence-corrected chi connectivity index (χ3v) is 6.27. The van der Waals surface area contributed by atoms with Gasteiger partial charge < -0.3 is 10.1 Å². The number of hydrogen-bond donors (Lipinski definition) is 1. The maximum absolute atomic E-state index is 12.3. The van der Waals surface area contributed by atoms with Crippen molar-refractivity contribution < 1.29 is 9.53 Å². The molecule has 7 heteroatoms. The van der Waals surface area contributed by atoms with Crippen LogP contribution in [0.5, 0.6) is 0 Å². The van der Waals surface area contributed by atoms with Crippen LogP contribution in [0, 0.1) is 13.8 Å². The van der Waals surface area contributed by atoms with Gasteiger partial charge in [-0.05, 0) is 30.5 Å². The Balaban J connectivity index is 1.62. The fraction of sp³-hybridized carbons (Fsp3) is 0.316. The molecular formula is C19H21N3O2S2. The standard InChI is InChI=1S/C19H21N3O2S2/c1-12-13(2)26-19-17(12)18(21-11-22-19)25-10-16(23)20-8-14-6-4-5-7-15(14)9-24-3/h4-7,11H,8-10H2,1-3H3,(H,20,23). The van der Waals surface area contributed by atoms with Crippen molar-refractivity contribution in [1.82, 2.24) is 15.3 Å². The van der Waals surface area contributed by atoms with Crippen molar-refractivity contribution >= 4 is 39.2 Å². The van der Waals surface area contributed by atoms with Gasteiger partial charge in [0.2, 0.25) is 5.91 Å². The molecule has 0 fully saturated rings. The van der Waals surface area contributed by atoms with Crippen LogP contribution in [0.3, 0.4) is 0 Å². The van der Waals surface area contributed by atoms with Gasteiger partial charge in [-0.15, -0.1) is 11.3 Å². The zero-order valence-electron chi connectivity index (χ0n) is 15.0. The average molecular weight is 388 g/mol. The second kappa shape index (κ2) is 8.62. The van der Waals surface area contributed by atoms with E-state index in [1.165, 1.54) is 22.2 Å². The van der Waals surface area contributed by atoms with Crippen LogP contribution in [0.15, 0.2) is 35.6 Å². The van der Waals surface area contributed by atoms with Gasteiger partial charge in [0.05, 0.1) is 12.4 Å². The minimum atomic E-state index is -0.0152. The Labute approximate surface area is 161 Å². The number of hydrogen-bond acceptors (Lipinski definition) is 6. The molecule has 0 aliphatic rings. The summed E-state index contributed by atoms with van der Waals surface area (Å²) in [5.41, 5.74) is 3.35. The van der Waals surface area contributed by atoms with E-state index in [-0.39, 0.29) is 5.91 Å². The lowest BCUT2D eigenvalue weighted by molar-refractivity contribution is -0.118. The smallest absolute Gasteiger partial charge is 0.230 e. The van der Waals surface area contributed by atoms with E-state index >= 15 is 0 Å². The van der Waals surface area contributed by atoms with Gasteiger partial charge in [0, 0.05) is 23.9 Å². The number of benzene rings is 1. The van der Waals surface area contributed by atoms with Crippen LogP contribution in [0.1, 0.15) is 21.6 Å². The van der Waals surface area contributed by atoms with Gasteiger partial charge in [0.15, 0.2) is 0 Å². The number of nitrogens with zero attached hydrogens (tertiary/aromatic N) is 2. The predicted octanol–water partition coefficient (Wildman–Crippen LogP) is 3.86. The monoisotopic (exact) mass is 387 g/mol. The third-order valence-electron chi connectivity index (χ3n) is 4.16. The molecule has 1 aromatic carbocycles. The lowest BCUT2D eigenvalue weighted by atomic mass is 10.1. The first-order chi connectivity index (χ1) is 12.6. The van der Waals surface area contributed by atoms with Gasteiger partial charge in [0.25, 0.3) is 0 Å². The molecule has 136 valence electrons. The fourth-order valence-corrected chi connectivity index (χ4v) is 4.61. The molecule has 0 aliphatic carbocycles. The molecule has 3 aromatic rings. The number of aryl methyl sites for hydroxylation is 2. The van der Waals surface area contributed by atoms with E-state index in [1.54, 1.807) is 24.8 Å². The summed E-state index contributed by atoms with van der Waals surface area (Å²) >= 11 is 3.12. The Hall–Kier alpha value is -1.96. The summed E-state index contributed by atoms with van der Waals surface area (Å²) in [6.45, 7) is 5.19. The van der Waals surface area contributed by atoms with Gasteiger partial charge in [-0.1, -0.05) is 36.0 Å². The number of nitrogens with one attached hydrogen (secondary N) is 1. The van der Waals surface area contributed by atoms with E-state index in [2.05, 4.69) is 29.1 Å². The highest BCUT2D eigenvalue weighted by Crippen LogP contribution is 2.34. The first kappa shape index (κ1) is 18.8. The molecule has 0 radical (unpaired) electrons. The summed E-state index contributed by atoms with van der Waals surface area (Å²) in [5.74, 6) is 0.311. The number of carbonyl (C=O) groups excluding carboxylic acids is 1. The first-order valence-electron chi connectivity index (χ1n) is 8.26. The third kappa shape index (κ3) is 4.23. The molecule has 0 bridgehead atoms. The topological polar surface area (TPSA) is 64.1 Å². The fourth-order valence-electron chi connectivity index (χ4n) is 2.66. The molecule has 0 atom stereocenters. The number of fused-ring (bicyclic) bond motifs is 1. The molecule has 26 heavy (non-hydrogen) atoms. The van der Waals surface area contributed by atoms with E-state index in [9.17, 15) is 4.79 Å². The molecule has 1 N–H and O–H groups in total. The van der Waals surface area contributed by atoms with Crippen molar-refractivity contribution in [3.8, 4) is 0 Å². The van der Waals surface area contributed by atoms with Crippen molar-refractivity contribution in [1.29, 1.82) is 0 Å². The molecule has 0 saturated carbocycles. The zero-order chi connectivity index (χ0) is 18.5. The minimum Gasteiger partial charge on any atom is -0.380 e. The number of thioether (sulfide) groups is 1. The van der Waals surface area contributed by atoms with Gasteiger partial charge >= 0.3 is 0 Å². The SMILES string of the molecule is COCc1ccccc1CNC(=O)CSc1ncnc2sc(C)c(C)c12. The maximum Gasteiger partial charge on any atom is 0.230 e. The summed E-state index contributed by atoms with van der Waals surface area (Å²) in [6, 6.07) is 7.96. The van der Waals surface area contributed by atoms with Crippen LogP contribution in [0.4, 0.5) is 0 Å². The van der Waals surface area contributed by atoms with Crippen LogP contribution in [0.2, 0.25) is 0 Å². The largest absolute Gasteiger partial charge is 0.380 e. The van der Waals surface area contributed by atoms with Crippen molar-refractivity contribution in [2.24, 2.45) is 0 Å². The maximum atomic E-state index is 12.3. The molecule has 2 aromatic heterocycles. The number of methoxy groups -OCH3 is 1. The van der Waals surface area contributed by atoms with E-state index in [0.717, 1.165) is 26.4 Å². The van der Waals surface area contributed by atoms with Crippen LogP contribution >= 0.6 is 23.1 Å². The zero-order valence-corrected chi connectivity index (χ0v) is 16.7. The van der Waals surface area contributed by atoms with Crippen LogP contribution in [-0.4, -0.2) is 28.7 Å². The minimum absolute atomic E-state index is 0.0152. The Morgan fingerprint density at radius 1 is 1.23 bits per heavy atom. The number of carbonyl (C=O) groups is 1. The van der Waals surface area contributed by atoms with Gasteiger partial charge in [0.1, 0.15) is 16.2 Å². The van der Waals surface area contributed by atoms with E-state index in [1.807, 2.05) is 24.3 Å². The highest BCUT2D eigenvalue weighted by molar-refractivity contribution is 8.00. The summed E-state index contributed by atoms with van der Waals surface area (Å²) in [7, 11) is 1.67. The molecule has 2 heterocycles. The van der Waals surface area contributed by atoms with Crippen LogP contribution in [-0.2, 0) is 22.7 Å². The number of thiophene rings is 1. The second-order valence-corrected chi connectivity index (χ2v) is 8.08. The van der Waals surface area contributed by atoms with Crippen LogP contribution in [0.25, 0.3) is 10.2 Å². The quantitative estimate of drug-likeness (QED) is 0.493. The van der Waals surface area contributed by atoms with Gasteiger partial charge in [-0.25, -0.2) is 9.97 Å². The Morgan fingerprint density at radius 2 is 2.00 bits per heavy atom. The van der Waals surface area contributed by atoms with Crippen molar-refractivity contribution in [3.05, 3.63) is 52.2 Å². The highest BCUT2D eigenvalue weighted by Gasteiger charge is 2.13. The molecule has 1 amide bonds. The Kier molecular flexibility index (Phi) is 6.24. The van der Waals surface area contributed by atoms with Crippen LogP contribution < -0.4 is 5.32 Å². The summed E-state index contributed by atoms with van der Waals surface area (Å²) in [4.78, 5) is 23.2. The first-order valence-corrected chi connectivity index (χ1v) is 10.1. The van der Waals surface area contributed by atoms with Crippen molar-refractivity contribution in [2.75, 3.05) is 12.9 Å². The molecule has 3 rings (SSSR count). The molecular weight excluding hydrogens is 366 g/mol. The van der Waals surface area contributed by atoms with E-state index in [0.29, 0.717) is 18.9 Å². The summed E-state index contributed by atoms with van der Waals surface area (Å²) < 4.78 is 5.20. The molecule has 0 unspecified atom stereocenters. The second-order valence-electron chi connectivity index (χ2n) is 5.91. The van der Waals surface area contributed by atoms with Crippen molar-refractivity contribution in [2.45, 2.75) is 32.0 Å². The van der Waals surface area contributed by atoms with E-state index in [4.69, 9.17) is 4.74 Å². The van der Waals surface area contributed by atoms with Gasteiger partial charge in [-0.3, -0.25) is 4.79 Å². The lowest BCUT2D eigenvalue weighted by Gasteiger charge is -2.10. The predicted molar refractivity (Wildman–Crippen MR) is 107 cm³/mol. The Morgan fingerprint density at radius 3 is 2.77 bits per heavy atom. The normalized spacial score (nSPS) is 11.0. The number of amides is 1. The van der Waals surface area contributed by atoms with E-state index < -0.39 is 0 Å².